The maximum absolute atomic E-state index is 13.5. The number of ether oxygens (including phenoxy) is 8. The van der Waals surface area contributed by atoms with Crippen LogP contribution in [-0.2, 0) is 24.4 Å². The normalized spacial score (nSPS) is 11.1. The highest BCUT2D eigenvalue weighted by Crippen LogP contribution is 2.38. The molecule has 0 atom stereocenters. The summed E-state index contributed by atoms with van der Waals surface area (Å²) in [5.41, 5.74) is 2.26. The maximum Gasteiger partial charge on any atom is 0.341 e. The molecule has 0 aliphatic heterocycles. The Hall–Kier alpha value is -6.09. The molecule has 4 aromatic carbocycles. The molecule has 0 bridgehead atoms. The molecule has 2 amide bonds. The molecule has 1 heterocycles. The topological polar surface area (TPSA) is 157 Å². The quantitative estimate of drug-likeness (QED) is 0.0543. The van der Waals surface area contributed by atoms with Crippen molar-refractivity contribution in [2.75, 3.05) is 84.0 Å². The van der Waals surface area contributed by atoms with Crippen molar-refractivity contribution in [1.82, 2.24) is 4.98 Å². The van der Waals surface area contributed by atoms with E-state index >= 15 is 0 Å². The minimum atomic E-state index is -0.575. The average Bonchev–Trinajstić information content (AvgIpc) is 3.20. The van der Waals surface area contributed by atoms with E-state index in [1.807, 2.05) is 57.2 Å². The Morgan fingerprint density at radius 3 is 2.09 bits per heavy atom. The SMILES string of the molecule is COCCOCCOCCOc1cc(Nc2cc(Oc3ccc(NC(=O)Nc4cc(C(C)(C)C)cc(C(=O)OC)c4OC)c4ccccc34)ccn2)cc(OC)c1. The number of nitrogens with one attached hydrogen (secondary N) is 3. The summed E-state index contributed by atoms with van der Waals surface area (Å²) in [4.78, 5) is 30.6. The molecule has 3 N–H and O–H groups in total. The Morgan fingerprint density at radius 2 is 1.39 bits per heavy atom. The van der Waals surface area contributed by atoms with Crippen molar-refractivity contribution >= 4 is 45.7 Å². The molecule has 5 aromatic rings. The van der Waals surface area contributed by atoms with Crippen molar-refractivity contribution in [2.45, 2.75) is 26.2 Å². The maximum atomic E-state index is 13.5. The standard InChI is InChI=1S/C43H50N4O10/c1-43(2,3)28-22-35(41(48)53-7)40(52-6)37(23-28)47-42(49)46-36-12-13-38(34-11-9-8-10-33(34)36)57-30-14-15-44-39(27-30)45-29-24-31(51-5)26-32(25-29)56-21-20-55-19-18-54-17-16-50-4/h8-15,22-27H,16-21H2,1-7H3,(H,44,45)(H2,46,47,49). The Bertz CT molecular complexity index is 2140. The molecular formula is C43H50N4O10. The molecule has 0 aliphatic rings. The Kier molecular flexibility index (Phi) is 14.9. The first-order valence-electron chi connectivity index (χ1n) is 18.3. The van der Waals surface area contributed by atoms with Crippen LogP contribution in [0.2, 0.25) is 0 Å². The summed E-state index contributed by atoms with van der Waals surface area (Å²) in [6, 6.07) is 23.1. The number of anilines is 4. The number of carbonyl (C=O) groups is 2. The first kappa shape index (κ1) is 42.1. The van der Waals surface area contributed by atoms with Crippen molar-refractivity contribution in [3.63, 3.8) is 0 Å². The van der Waals surface area contributed by atoms with Crippen molar-refractivity contribution < 1.29 is 47.5 Å². The van der Waals surface area contributed by atoms with Gasteiger partial charge in [-0.15, -0.1) is 0 Å². The summed E-state index contributed by atoms with van der Waals surface area (Å²) in [6.07, 6.45) is 1.64. The fraction of sp³-hybridized carbons (Fsp3) is 0.326. The van der Waals surface area contributed by atoms with Crippen LogP contribution in [0.1, 0.15) is 36.7 Å². The molecule has 0 fully saturated rings. The fourth-order valence-electron chi connectivity index (χ4n) is 5.73. The largest absolute Gasteiger partial charge is 0.497 e. The van der Waals surface area contributed by atoms with E-state index in [4.69, 9.17) is 37.9 Å². The molecular weight excluding hydrogens is 732 g/mol. The first-order chi connectivity index (χ1) is 27.5. The summed E-state index contributed by atoms with van der Waals surface area (Å²) in [5, 5.41) is 10.6. The second kappa shape index (κ2) is 20.2. The summed E-state index contributed by atoms with van der Waals surface area (Å²) in [6.45, 7) is 8.78. The van der Waals surface area contributed by atoms with Gasteiger partial charge in [-0.3, -0.25) is 0 Å². The van der Waals surface area contributed by atoms with Crippen LogP contribution in [0.25, 0.3) is 10.8 Å². The van der Waals surface area contributed by atoms with E-state index in [2.05, 4.69) is 20.9 Å². The third-order valence-corrected chi connectivity index (χ3v) is 8.59. The molecule has 57 heavy (non-hydrogen) atoms. The van der Waals surface area contributed by atoms with Gasteiger partial charge in [-0.2, -0.15) is 0 Å². The van der Waals surface area contributed by atoms with Crippen LogP contribution in [0.3, 0.4) is 0 Å². The molecule has 0 radical (unpaired) electrons. The van der Waals surface area contributed by atoms with Gasteiger partial charge in [0.05, 0.1) is 65.7 Å². The van der Waals surface area contributed by atoms with E-state index < -0.39 is 12.0 Å². The van der Waals surface area contributed by atoms with Crippen molar-refractivity contribution in [2.24, 2.45) is 0 Å². The Morgan fingerprint density at radius 1 is 0.684 bits per heavy atom. The van der Waals surface area contributed by atoms with E-state index in [1.54, 1.807) is 62.9 Å². The smallest absolute Gasteiger partial charge is 0.341 e. The molecule has 0 saturated carbocycles. The lowest BCUT2D eigenvalue weighted by Gasteiger charge is -2.23. The van der Waals surface area contributed by atoms with E-state index in [1.165, 1.54) is 14.2 Å². The van der Waals surface area contributed by atoms with Crippen LogP contribution in [-0.4, -0.2) is 85.1 Å². The molecule has 5 rings (SSSR count). The summed E-state index contributed by atoms with van der Waals surface area (Å²) in [5.74, 6) is 2.46. The van der Waals surface area contributed by atoms with Crippen molar-refractivity contribution in [3.05, 3.63) is 96.2 Å². The van der Waals surface area contributed by atoms with Crippen LogP contribution in [0.5, 0.6) is 28.7 Å². The van der Waals surface area contributed by atoms with Crippen LogP contribution in [0.15, 0.2) is 85.1 Å². The fourth-order valence-corrected chi connectivity index (χ4v) is 5.73. The summed E-state index contributed by atoms with van der Waals surface area (Å²) >= 11 is 0. The highest BCUT2D eigenvalue weighted by atomic mass is 16.6. The van der Waals surface area contributed by atoms with Gasteiger partial charge in [0, 0.05) is 54.0 Å². The second-order valence-electron chi connectivity index (χ2n) is 13.6. The van der Waals surface area contributed by atoms with Gasteiger partial charge in [0.2, 0.25) is 0 Å². The van der Waals surface area contributed by atoms with Gasteiger partial charge < -0.3 is 53.8 Å². The highest BCUT2D eigenvalue weighted by Gasteiger charge is 2.24. The number of amides is 2. The lowest BCUT2D eigenvalue weighted by Crippen LogP contribution is -2.22. The number of hydrogen-bond donors (Lipinski definition) is 3. The van der Waals surface area contributed by atoms with Crippen LogP contribution < -0.4 is 34.9 Å². The van der Waals surface area contributed by atoms with E-state index in [0.29, 0.717) is 85.5 Å². The minimum Gasteiger partial charge on any atom is -0.497 e. The van der Waals surface area contributed by atoms with Crippen LogP contribution in [0.4, 0.5) is 27.7 Å². The molecule has 302 valence electrons. The third kappa shape index (κ3) is 11.7. The number of carbonyl (C=O) groups excluding carboxylic acids is 2. The Labute approximate surface area is 332 Å². The molecule has 0 aliphatic carbocycles. The molecule has 14 nitrogen and oxygen atoms in total. The second-order valence-corrected chi connectivity index (χ2v) is 13.6. The van der Waals surface area contributed by atoms with E-state index in [-0.39, 0.29) is 16.7 Å². The van der Waals surface area contributed by atoms with Gasteiger partial charge in [0.1, 0.15) is 41.0 Å². The van der Waals surface area contributed by atoms with Crippen molar-refractivity contribution in [3.8, 4) is 28.7 Å². The van der Waals surface area contributed by atoms with Gasteiger partial charge in [0.15, 0.2) is 5.75 Å². The lowest BCUT2D eigenvalue weighted by atomic mass is 9.85. The van der Waals surface area contributed by atoms with Gasteiger partial charge in [-0.05, 0) is 41.3 Å². The van der Waals surface area contributed by atoms with Crippen LogP contribution >= 0.6 is 0 Å². The number of nitrogens with zero attached hydrogens (tertiary/aromatic N) is 1. The molecule has 0 spiro atoms. The van der Waals surface area contributed by atoms with E-state index in [9.17, 15) is 9.59 Å². The van der Waals surface area contributed by atoms with Gasteiger partial charge in [-0.25, -0.2) is 14.6 Å². The molecule has 0 saturated heterocycles. The zero-order valence-corrected chi connectivity index (χ0v) is 33.4. The Balaban J connectivity index is 1.27. The van der Waals surface area contributed by atoms with Crippen LogP contribution in [0, 0.1) is 0 Å². The number of rotatable bonds is 19. The minimum absolute atomic E-state index is 0.197. The number of methoxy groups -OCH3 is 4. The monoisotopic (exact) mass is 782 g/mol. The first-order valence-corrected chi connectivity index (χ1v) is 18.3. The highest BCUT2D eigenvalue weighted by molar-refractivity contribution is 6.08. The summed E-state index contributed by atoms with van der Waals surface area (Å²) < 4.78 is 44.3. The molecule has 0 unspecified atom stereocenters. The summed E-state index contributed by atoms with van der Waals surface area (Å²) in [7, 11) is 5.95. The van der Waals surface area contributed by atoms with Crippen molar-refractivity contribution in [1.29, 1.82) is 0 Å². The third-order valence-electron chi connectivity index (χ3n) is 8.59. The predicted octanol–water partition coefficient (Wildman–Crippen LogP) is 8.57. The van der Waals surface area contributed by atoms with Gasteiger partial charge >= 0.3 is 12.0 Å². The lowest BCUT2D eigenvalue weighted by molar-refractivity contribution is 0.0179. The number of pyridine rings is 1. The zero-order valence-electron chi connectivity index (χ0n) is 33.4. The number of fused-ring (bicyclic) bond motifs is 1. The number of benzene rings is 4. The molecule has 14 heteroatoms. The van der Waals surface area contributed by atoms with E-state index in [0.717, 1.165) is 16.3 Å². The predicted molar refractivity (Wildman–Crippen MR) is 219 cm³/mol. The zero-order chi connectivity index (χ0) is 40.8. The van der Waals surface area contributed by atoms with Gasteiger partial charge in [-0.1, -0.05) is 45.0 Å². The number of aromatic nitrogens is 1. The number of esters is 1. The average molecular weight is 783 g/mol. The van der Waals surface area contributed by atoms with Gasteiger partial charge in [0.25, 0.3) is 0 Å². The number of hydrogen-bond acceptors (Lipinski definition) is 12. The molecule has 1 aromatic heterocycles. The number of urea groups is 1.